The van der Waals surface area contributed by atoms with E-state index >= 15 is 0 Å². The lowest BCUT2D eigenvalue weighted by Gasteiger charge is -2.21. The van der Waals surface area contributed by atoms with Crippen LogP contribution < -0.4 is 5.73 Å². The van der Waals surface area contributed by atoms with E-state index < -0.39 is 5.60 Å². The summed E-state index contributed by atoms with van der Waals surface area (Å²) >= 11 is 0. The highest BCUT2D eigenvalue weighted by molar-refractivity contribution is 5.75. The second kappa shape index (κ2) is 4.10. The minimum Gasteiger partial charge on any atom is -0.369 e. The van der Waals surface area contributed by atoms with Gasteiger partial charge in [0.25, 0.3) is 0 Å². The maximum atomic E-state index is 5.89. The summed E-state index contributed by atoms with van der Waals surface area (Å²) in [5.74, 6) is 0.327. The molecule has 0 bridgehead atoms. The van der Waals surface area contributed by atoms with Gasteiger partial charge in [-0.05, 0) is 37.5 Å². The molecule has 3 rings (SSSR count). The highest BCUT2D eigenvalue weighted by Gasteiger charge is 2.38. The quantitative estimate of drug-likeness (QED) is 0.879. The Morgan fingerprint density at radius 2 is 2.11 bits per heavy atom. The van der Waals surface area contributed by atoms with E-state index in [-0.39, 0.29) is 0 Å². The van der Waals surface area contributed by atoms with E-state index in [0.717, 1.165) is 36.3 Å². The van der Waals surface area contributed by atoms with Gasteiger partial charge in [-0.1, -0.05) is 5.16 Å². The lowest BCUT2D eigenvalue weighted by Crippen LogP contribution is -2.21. The molecule has 1 unspecified atom stereocenters. The highest BCUT2D eigenvalue weighted by atomic mass is 16.5. The minimum absolute atomic E-state index is 0.327. The van der Waals surface area contributed by atoms with Gasteiger partial charge in [0, 0.05) is 19.0 Å². The van der Waals surface area contributed by atoms with Crippen molar-refractivity contribution in [3.63, 3.8) is 0 Å². The largest absolute Gasteiger partial charge is 0.369 e. The van der Waals surface area contributed by atoms with Crippen molar-refractivity contribution in [2.75, 3.05) is 12.3 Å². The third-order valence-corrected chi connectivity index (χ3v) is 3.41. The average molecular weight is 245 g/mol. The molecule has 0 amide bonds. The third-order valence-electron chi connectivity index (χ3n) is 3.41. The Labute approximate surface area is 105 Å². The molecule has 0 aliphatic carbocycles. The van der Waals surface area contributed by atoms with E-state index in [1.807, 2.05) is 19.1 Å². The van der Waals surface area contributed by atoms with E-state index in [0.29, 0.717) is 5.88 Å². The summed E-state index contributed by atoms with van der Waals surface area (Å²) in [6.45, 7) is 2.78. The second-order valence-corrected chi connectivity index (χ2v) is 4.69. The number of nitrogen functional groups attached to an aromatic ring is 1. The number of nitrogens with zero attached hydrogens (tertiary/aromatic N) is 2. The van der Waals surface area contributed by atoms with E-state index in [4.69, 9.17) is 15.0 Å². The van der Waals surface area contributed by atoms with Gasteiger partial charge in [-0.15, -0.1) is 0 Å². The molecule has 2 aromatic rings. The molecule has 3 heterocycles. The lowest BCUT2D eigenvalue weighted by molar-refractivity contribution is 0.0113. The van der Waals surface area contributed by atoms with Crippen LogP contribution in [0.2, 0.25) is 0 Å². The average Bonchev–Trinajstić information content (AvgIpc) is 2.98. The van der Waals surface area contributed by atoms with Crippen molar-refractivity contribution < 1.29 is 9.26 Å². The maximum Gasteiger partial charge on any atom is 0.230 e. The molecule has 5 heteroatoms. The molecule has 94 valence electrons. The Hall–Kier alpha value is -1.88. The maximum absolute atomic E-state index is 5.89. The van der Waals surface area contributed by atoms with Gasteiger partial charge in [0.2, 0.25) is 5.88 Å². The molecular formula is C13H15N3O2. The number of anilines is 1. The standard InChI is InChI=1S/C13H15N3O2/c1-13(5-2-8-17-13)11-10(12(14)18-16-11)9-3-6-15-7-4-9/h3-4,6-7H,2,5,8,14H2,1H3. The summed E-state index contributed by atoms with van der Waals surface area (Å²) in [5.41, 5.74) is 8.05. The fourth-order valence-corrected chi connectivity index (χ4v) is 2.43. The smallest absolute Gasteiger partial charge is 0.230 e. The topological polar surface area (TPSA) is 74.2 Å². The Balaban J connectivity index is 2.12. The van der Waals surface area contributed by atoms with E-state index in [2.05, 4.69) is 10.1 Å². The molecule has 1 saturated heterocycles. The van der Waals surface area contributed by atoms with Gasteiger partial charge in [0.05, 0.1) is 5.56 Å². The van der Waals surface area contributed by atoms with Gasteiger partial charge in [-0.2, -0.15) is 0 Å². The van der Waals surface area contributed by atoms with Crippen LogP contribution in [0.15, 0.2) is 29.0 Å². The molecule has 18 heavy (non-hydrogen) atoms. The second-order valence-electron chi connectivity index (χ2n) is 4.69. The lowest BCUT2D eigenvalue weighted by atomic mass is 9.92. The molecule has 2 aromatic heterocycles. The molecular weight excluding hydrogens is 230 g/mol. The number of nitrogens with two attached hydrogens (primary N) is 1. The van der Waals surface area contributed by atoms with Crippen LogP contribution in [-0.2, 0) is 10.3 Å². The van der Waals surface area contributed by atoms with Crippen molar-refractivity contribution >= 4 is 5.88 Å². The Morgan fingerprint density at radius 1 is 1.33 bits per heavy atom. The number of ether oxygens (including phenoxy) is 1. The zero-order chi connectivity index (χ0) is 12.6. The zero-order valence-electron chi connectivity index (χ0n) is 10.2. The number of rotatable bonds is 2. The SMILES string of the molecule is CC1(c2noc(N)c2-c2ccncc2)CCCO1. The van der Waals surface area contributed by atoms with Crippen LogP contribution in [0.3, 0.4) is 0 Å². The Morgan fingerprint density at radius 3 is 2.78 bits per heavy atom. The summed E-state index contributed by atoms with van der Waals surface area (Å²) < 4.78 is 11.0. The van der Waals surface area contributed by atoms with Crippen molar-refractivity contribution in [1.82, 2.24) is 10.1 Å². The van der Waals surface area contributed by atoms with E-state index in [9.17, 15) is 0 Å². The number of pyridine rings is 1. The van der Waals surface area contributed by atoms with Gasteiger partial charge in [-0.3, -0.25) is 4.98 Å². The fraction of sp³-hybridized carbons (Fsp3) is 0.385. The molecule has 1 aliphatic heterocycles. The van der Waals surface area contributed by atoms with Gasteiger partial charge in [0.1, 0.15) is 11.3 Å². The molecule has 1 atom stereocenters. The van der Waals surface area contributed by atoms with Crippen LogP contribution >= 0.6 is 0 Å². The predicted octanol–water partition coefficient (Wildman–Crippen LogP) is 2.34. The van der Waals surface area contributed by atoms with E-state index in [1.54, 1.807) is 12.4 Å². The first-order valence-electron chi connectivity index (χ1n) is 6.01. The molecule has 0 radical (unpaired) electrons. The zero-order valence-corrected chi connectivity index (χ0v) is 10.2. The molecule has 0 saturated carbocycles. The van der Waals surface area contributed by atoms with Crippen molar-refractivity contribution in [2.45, 2.75) is 25.4 Å². The van der Waals surface area contributed by atoms with Gasteiger partial charge >= 0.3 is 0 Å². The van der Waals surface area contributed by atoms with Crippen molar-refractivity contribution in [3.05, 3.63) is 30.2 Å². The van der Waals surface area contributed by atoms with Crippen molar-refractivity contribution in [3.8, 4) is 11.1 Å². The van der Waals surface area contributed by atoms with Crippen LogP contribution in [0.4, 0.5) is 5.88 Å². The van der Waals surface area contributed by atoms with Crippen LogP contribution in [0.5, 0.6) is 0 Å². The third kappa shape index (κ3) is 1.67. The Bertz CT molecular complexity index is 545. The first kappa shape index (κ1) is 11.2. The molecule has 1 aliphatic rings. The molecule has 5 nitrogen and oxygen atoms in total. The first-order valence-corrected chi connectivity index (χ1v) is 6.01. The van der Waals surface area contributed by atoms with Crippen LogP contribution in [0, 0.1) is 0 Å². The first-order chi connectivity index (χ1) is 8.71. The normalized spacial score (nSPS) is 23.4. The number of hydrogen-bond acceptors (Lipinski definition) is 5. The van der Waals surface area contributed by atoms with Crippen molar-refractivity contribution in [1.29, 1.82) is 0 Å². The summed E-state index contributed by atoms with van der Waals surface area (Å²) in [4.78, 5) is 4.01. The summed E-state index contributed by atoms with van der Waals surface area (Å²) in [5, 5.41) is 4.10. The monoisotopic (exact) mass is 245 g/mol. The Kier molecular flexibility index (Phi) is 2.56. The van der Waals surface area contributed by atoms with E-state index in [1.165, 1.54) is 0 Å². The molecule has 0 spiro atoms. The number of hydrogen-bond donors (Lipinski definition) is 1. The van der Waals surface area contributed by atoms with Gasteiger partial charge < -0.3 is 15.0 Å². The highest BCUT2D eigenvalue weighted by Crippen LogP contribution is 2.42. The van der Waals surface area contributed by atoms with Crippen molar-refractivity contribution in [2.24, 2.45) is 0 Å². The van der Waals surface area contributed by atoms with Crippen LogP contribution in [0.25, 0.3) is 11.1 Å². The van der Waals surface area contributed by atoms with Crippen LogP contribution in [-0.4, -0.2) is 16.7 Å². The molecule has 1 fully saturated rings. The minimum atomic E-state index is -0.403. The fourth-order valence-electron chi connectivity index (χ4n) is 2.43. The summed E-state index contributed by atoms with van der Waals surface area (Å²) in [7, 11) is 0. The molecule has 2 N–H and O–H groups in total. The summed E-state index contributed by atoms with van der Waals surface area (Å²) in [6.07, 6.45) is 5.41. The molecule has 0 aromatic carbocycles. The van der Waals surface area contributed by atoms with Gasteiger partial charge in [0.15, 0.2) is 0 Å². The van der Waals surface area contributed by atoms with Crippen LogP contribution in [0.1, 0.15) is 25.5 Å². The van der Waals surface area contributed by atoms with Gasteiger partial charge in [-0.25, -0.2) is 0 Å². The predicted molar refractivity (Wildman–Crippen MR) is 66.7 cm³/mol. The summed E-state index contributed by atoms with van der Waals surface area (Å²) in [6, 6.07) is 3.79. The number of aromatic nitrogens is 2.